The Hall–Kier alpha value is -3.47. The number of aromatic nitrogens is 3. The summed E-state index contributed by atoms with van der Waals surface area (Å²) in [5, 5.41) is 9.26. The molecule has 0 atom stereocenters. The van der Waals surface area contributed by atoms with Gasteiger partial charge < -0.3 is 30.0 Å². The highest BCUT2D eigenvalue weighted by atomic mass is 32.1. The summed E-state index contributed by atoms with van der Waals surface area (Å²) in [6.45, 7) is 5.35. The van der Waals surface area contributed by atoms with Gasteiger partial charge in [0.15, 0.2) is 0 Å². The summed E-state index contributed by atoms with van der Waals surface area (Å²) in [5.74, 6) is 1.55. The summed E-state index contributed by atoms with van der Waals surface area (Å²) in [4.78, 5) is 22.4. The second kappa shape index (κ2) is 12.4. The van der Waals surface area contributed by atoms with E-state index in [1.54, 1.807) is 24.6 Å². The molecule has 5 rings (SSSR count). The number of thiophene rings is 1. The monoisotopic (exact) mass is 534 g/mol. The molecule has 0 bridgehead atoms. The number of nitrogens with zero attached hydrogens (tertiary/aromatic N) is 3. The van der Waals surface area contributed by atoms with Crippen molar-refractivity contribution in [1.82, 2.24) is 25.2 Å². The van der Waals surface area contributed by atoms with Crippen molar-refractivity contribution in [3.63, 3.8) is 0 Å². The van der Waals surface area contributed by atoms with E-state index in [9.17, 15) is 4.79 Å². The predicted octanol–water partition coefficient (Wildman–Crippen LogP) is 5.42. The second-order valence-corrected chi connectivity index (χ2v) is 10.5. The first-order valence-corrected chi connectivity index (χ1v) is 13.9. The van der Waals surface area contributed by atoms with Crippen LogP contribution < -0.4 is 20.7 Å². The zero-order chi connectivity index (χ0) is 26.3. The van der Waals surface area contributed by atoms with Crippen molar-refractivity contribution in [3.8, 4) is 22.1 Å². The fraction of sp³-hybridized carbons (Fsp3) is 0.393. The Kier molecular flexibility index (Phi) is 8.52. The first-order valence-electron chi connectivity index (χ1n) is 13.1. The number of imidazole rings is 1. The van der Waals surface area contributed by atoms with Gasteiger partial charge in [-0.15, -0.1) is 11.3 Å². The number of pyridine rings is 1. The number of rotatable bonds is 13. The number of fused-ring (bicyclic) bond motifs is 1. The van der Waals surface area contributed by atoms with Crippen LogP contribution in [0.25, 0.3) is 20.8 Å². The minimum absolute atomic E-state index is 0.157. The molecule has 1 fully saturated rings. The molecule has 1 aromatic carbocycles. The molecule has 38 heavy (non-hydrogen) atoms. The third-order valence-electron chi connectivity index (χ3n) is 6.26. The van der Waals surface area contributed by atoms with E-state index in [-0.39, 0.29) is 6.03 Å². The second-order valence-electron chi connectivity index (χ2n) is 9.42. The van der Waals surface area contributed by atoms with E-state index in [1.165, 1.54) is 0 Å². The van der Waals surface area contributed by atoms with Gasteiger partial charge >= 0.3 is 6.03 Å². The normalized spacial score (nSPS) is 13.1. The van der Waals surface area contributed by atoms with Crippen molar-refractivity contribution in [3.05, 3.63) is 54.6 Å². The van der Waals surface area contributed by atoms with Crippen LogP contribution in [-0.2, 0) is 17.7 Å². The zero-order valence-corrected chi connectivity index (χ0v) is 22.6. The van der Waals surface area contributed by atoms with Crippen molar-refractivity contribution in [2.45, 2.75) is 45.2 Å². The minimum Gasteiger partial charge on any atom is -0.455 e. The highest BCUT2D eigenvalue weighted by Crippen LogP contribution is 2.39. The van der Waals surface area contributed by atoms with Gasteiger partial charge in [0.05, 0.1) is 33.7 Å². The Bertz CT molecular complexity index is 1380. The third kappa shape index (κ3) is 6.69. The summed E-state index contributed by atoms with van der Waals surface area (Å²) >= 11 is 1.63. The largest absolute Gasteiger partial charge is 0.455 e. The highest BCUT2D eigenvalue weighted by Gasteiger charge is 2.23. The molecule has 0 radical (unpaired) electrons. The SMILES string of the molecule is CCCc1cc(NC(=O)NC2CC2)ccc1Oc1ccnc2cc(-c3cn(CCNCCOC)cn3)sc12. The quantitative estimate of drug-likeness (QED) is 0.198. The van der Waals surface area contributed by atoms with Crippen molar-refractivity contribution in [2.75, 3.05) is 32.1 Å². The van der Waals surface area contributed by atoms with Crippen LogP contribution in [0.5, 0.6) is 11.5 Å². The van der Waals surface area contributed by atoms with Gasteiger partial charge in [0.1, 0.15) is 11.5 Å². The van der Waals surface area contributed by atoms with E-state index in [0.29, 0.717) is 12.6 Å². The van der Waals surface area contributed by atoms with Gasteiger partial charge in [-0.1, -0.05) is 13.3 Å². The fourth-order valence-electron chi connectivity index (χ4n) is 4.16. The number of benzene rings is 1. The van der Waals surface area contributed by atoms with Crippen LogP contribution in [-0.4, -0.2) is 53.4 Å². The lowest BCUT2D eigenvalue weighted by Gasteiger charge is -2.14. The summed E-state index contributed by atoms with van der Waals surface area (Å²) in [5.41, 5.74) is 3.62. The maximum atomic E-state index is 12.2. The number of nitrogens with one attached hydrogen (secondary N) is 3. The molecule has 4 aromatic rings. The Morgan fingerprint density at radius 2 is 2.05 bits per heavy atom. The summed E-state index contributed by atoms with van der Waals surface area (Å²) < 4.78 is 14.6. The standard InChI is InChI=1S/C28H34N6O3S/c1-3-4-19-15-21(33-28(35)32-20-5-6-20)7-8-24(19)37-25-9-10-30-22-16-26(38-27(22)25)23-17-34(18-31-23)13-11-29-12-14-36-2/h7-10,15-18,20,29H,3-6,11-14H2,1-2H3,(H2,32,33,35). The van der Waals surface area contributed by atoms with Crippen LogP contribution in [0.3, 0.4) is 0 Å². The zero-order valence-electron chi connectivity index (χ0n) is 21.8. The van der Waals surface area contributed by atoms with E-state index in [2.05, 4.69) is 49.7 Å². The van der Waals surface area contributed by atoms with Crippen LogP contribution in [0.1, 0.15) is 31.7 Å². The van der Waals surface area contributed by atoms with Gasteiger partial charge in [0.25, 0.3) is 0 Å². The molecule has 10 heteroatoms. The minimum atomic E-state index is -0.157. The third-order valence-corrected chi connectivity index (χ3v) is 7.42. The molecule has 2 amide bonds. The Balaban J connectivity index is 1.31. The summed E-state index contributed by atoms with van der Waals surface area (Å²) in [7, 11) is 1.70. The van der Waals surface area contributed by atoms with Crippen molar-refractivity contribution in [1.29, 1.82) is 0 Å². The van der Waals surface area contributed by atoms with Crippen molar-refractivity contribution < 1.29 is 14.3 Å². The van der Waals surface area contributed by atoms with Crippen LogP contribution in [0.15, 0.2) is 49.1 Å². The predicted molar refractivity (Wildman–Crippen MR) is 151 cm³/mol. The molecule has 0 aliphatic heterocycles. The van der Waals surface area contributed by atoms with Gasteiger partial charge in [-0.05, 0) is 49.1 Å². The van der Waals surface area contributed by atoms with Crippen LogP contribution in [0.2, 0.25) is 0 Å². The summed E-state index contributed by atoms with van der Waals surface area (Å²) in [6, 6.07) is 9.94. The van der Waals surface area contributed by atoms with Crippen molar-refractivity contribution in [2.24, 2.45) is 0 Å². The number of hydrogen-bond acceptors (Lipinski definition) is 7. The number of carbonyl (C=O) groups is 1. The number of urea groups is 1. The number of amides is 2. The first-order chi connectivity index (χ1) is 18.6. The molecule has 3 heterocycles. The number of aryl methyl sites for hydroxylation is 1. The molecule has 1 saturated carbocycles. The molecule has 3 N–H and O–H groups in total. The molecule has 3 aromatic heterocycles. The molecule has 1 aliphatic carbocycles. The van der Waals surface area contributed by atoms with E-state index >= 15 is 0 Å². The lowest BCUT2D eigenvalue weighted by molar-refractivity contribution is 0.199. The molecule has 0 unspecified atom stereocenters. The number of carbonyl (C=O) groups excluding carboxylic acids is 1. The Morgan fingerprint density at radius 1 is 1.16 bits per heavy atom. The van der Waals surface area contributed by atoms with Crippen LogP contribution >= 0.6 is 11.3 Å². The average molecular weight is 535 g/mol. The van der Waals surface area contributed by atoms with Gasteiger partial charge in [0, 0.05) is 56.9 Å². The van der Waals surface area contributed by atoms with Crippen LogP contribution in [0.4, 0.5) is 10.5 Å². The van der Waals surface area contributed by atoms with Gasteiger partial charge in [-0.2, -0.15) is 0 Å². The Morgan fingerprint density at radius 3 is 2.87 bits per heavy atom. The van der Waals surface area contributed by atoms with E-state index in [0.717, 1.165) is 88.9 Å². The molecular formula is C28H34N6O3S. The van der Waals surface area contributed by atoms with E-state index in [1.807, 2.05) is 30.6 Å². The molecule has 9 nitrogen and oxygen atoms in total. The van der Waals surface area contributed by atoms with E-state index < -0.39 is 0 Å². The molecule has 1 aliphatic rings. The molecule has 0 saturated heterocycles. The number of ether oxygens (including phenoxy) is 2. The molecule has 0 spiro atoms. The number of anilines is 1. The maximum Gasteiger partial charge on any atom is 0.319 e. The maximum absolute atomic E-state index is 12.2. The fourth-order valence-corrected chi connectivity index (χ4v) is 5.19. The molecular weight excluding hydrogens is 500 g/mol. The average Bonchev–Trinajstić information content (AvgIpc) is 3.40. The lowest BCUT2D eigenvalue weighted by atomic mass is 10.1. The highest BCUT2D eigenvalue weighted by molar-refractivity contribution is 7.22. The van der Waals surface area contributed by atoms with E-state index in [4.69, 9.17) is 9.47 Å². The van der Waals surface area contributed by atoms with Crippen LogP contribution in [0, 0.1) is 0 Å². The number of hydrogen-bond donors (Lipinski definition) is 3. The van der Waals surface area contributed by atoms with Gasteiger partial charge in [-0.3, -0.25) is 4.98 Å². The summed E-state index contributed by atoms with van der Waals surface area (Å²) in [6.07, 6.45) is 9.62. The topological polar surface area (TPSA) is 102 Å². The Labute approximate surface area is 226 Å². The van der Waals surface area contributed by atoms with Gasteiger partial charge in [-0.25, -0.2) is 9.78 Å². The lowest BCUT2D eigenvalue weighted by Crippen LogP contribution is -2.30. The smallest absolute Gasteiger partial charge is 0.319 e. The number of methoxy groups -OCH3 is 1. The van der Waals surface area contributed by atoms with Gasteiger partial charge in [0.2, 0.25) is 0 Å². The molecule has 200 valence electrons. The first kappa shape index (κ1) is 26.1. The van der Waals surface area contributed by atoms with Crippen molar-refractivity contribution >= 4 is 33.3 Å².